The molecule has 1 rings (SSSR count). The van der Waals surface area contributed by atoms with E-state index in [1.54, 1.807) is 0 Å². The minimum atomic E-state index is 0.196. The van der Waals surface area contributed by atoms with Gasteiger partial charge in [0.25, 0.3) is 0 Å². The first-order valence-electron chi connectivity index (χ1n) is 8.28. The third-order valence-corrected chi connectivity index (χ3v) is 5.47. The number of unbranched alkanes of at least 4 members (excludes halogenated alkanes) is 2. The molecule has 2 N–H and O–H groups in total. The number of rotatable bonds is 7. The Hall–Kier alpha value is -0.0800. The summed E-state index contributed by atoms with van der Waals surface area (Å²) in [5, 5.41) is 0. The van der Waals surface area contributed by atoms with Gasteiger partial charge in [0.2, 0.25) is 0 Å². The van der Waals surface area contributed by atoms with Gasteiger partial charge in [-0.2, -0.15) is 0 Å². The lowest BCUT2D eigenvalue weighted by Gasteiger charge is -2.47. The molecule has 1 saturated carbocycles. The minimum absolute atomic E-state index is 0.196. The topological polar surface area (TPSA) is 29.3 Å². The van der Waals surface area contributed by atoms with Crippen molar-refractivity contribution in [3.63, 3.8) is 0 Å². The van der Waals surface area contributed by atoms with E-state index in [9.17, 15) is 0 Å². The number of hydrogen-bond acceptors (Lipinski definition) is 2. The van der Waals surface area contributed by atoms with E-state index < -0.39 is 0 Å². The third-order valence-electron chi connectivity index (χ3n) is 5.47. The first-order valence-corrected chi connectivity index (χ1v) is 8.28. The summed E-state index contributed by atoms with van der Waals surface area (Å²) in [5.41, 5.74) is 6.86. The lowest BCUT2D eigenvalue weighted by atomic mass is 9.74. The van der Waals surface area contributed by atoms with Crippen LogP contribution in [0.15, 0.2) is 0 Å². The van der Waals surface area contributed by atoms with E-state index in [0.29, 0.717) is 5.41 Å². The monoisotopic (exact) mass is 268 g/mol. The molecule has 0 aliphatic heterocycles. The van der Waals surface area contributed by atoms with Gasteiger partial charge in [-0.25, -0.2) is 0 Å². The molecule has 2 heteroatoms. The average molecular weight is 268 g/mol. The molecule has 0 aromatic rings. The van der Waals surface area contributed by atoms with E-state index in [1.807, 2.05) is 0 Å². The Morgan fingerprint density at radius 1 is 1.21 bits per heavy atom. The predicted molar refractivity (Wildman–Crippen MR) is 85.4 cm³/mol. The van der Waals surface area contributed by atoms with E-state index in [0.717, 1.165) is 12.6 Å². The maximum Gasteiger partial charge on any atom is 0.0303 e. The van der Waals surface area contributed by atoms with Crippen LogP contribution in [0.2, 0.25) is 0 Å². The van der Waals surface area contributed by atoms with Gasteiger partial charge in [-0.3, -0.25) is 4.90 Å². The molecule has 0 radical (unpaired) electrons. The number of nitrogens with zero attached hydrogens (tertiary/aromatic N) is 1. The van der Waals surface area contributed by atoms with Crippen LogP contribution in [-0.2, 0) is 0 Å². The van der Waals surface area contributed by atoms with E-state index in [2.05, 4.69) is 39.6 Å². The van der Waals surface area contributed by atoms with Crippen LogP contribution in [0.1, 0.15) is 79.1 Å². The molecule has 0 aromatic heterocycles. The van der Waals surface area contributed by atoms with E-state index >= 15 is 0 Å². The summed E-state index contributed by atoms with van der Waals surface area (Å²) in [6.07, 6.45) is 10.6. The first kappa shape index (κ1) is 17.0. The zero-order valence-electron chi connectivity index (χ0n) is 14.0. The second-order valence-electron chi connectivity index (χ2n) is 7.66. The molecule has 0 amide bonds. The van der Waals surface area contributed by atoms with Crippen molar-refractivity contribution in [1.82, 2.24) is 4.90 Å². The third kappa shape index (κ3) is 4.75. The van der Waals surface area contributed by atoms with Gasteiger partial charge in [0.15, 0.2) is 0 Å². The fourth-order valence-corrected chi connectivity index (χ4v) is 3.39. The summed E-state index contributed by atoms with van der Waals surface area (Å²) in [6, 6.07) is 0.739. The van der Waals surface area contributed by atoms with Gasteiger partial charge < -0.3 is 5.73 Å². The summed E-state index contributed by atoms with van der Waals surface area (Å²) in [7, 11) is 2.31. The van der Waals surface area contributed by atoms with Crippen molar-refractivity contribution in [1.29, 1.82) is 0 Å². The highest BCUT2D eigenvalue weighted by atomic mass is 15.2. The van der Waals surface area contributed by atoms with Crippen LogP contribution in [0, 0.1) is 5.41 Å². The fraction of sp³-hybridized carbons (Fsp3) is 1.00. The fourth-order valence-electron chi connectivity index (χ4n) is 3.39. The Balaban J connectivity index is 2.55. The molecule has 0 aromatic carbocycles. The van der Waals surface area contributed by atoms with Crippen LogP contribution in [-0.4, -0.2) is 30.1 Å². The normalized spacial score (nSPS) is 23.5. The van der Waals surface area contributed by atoms with Crippen molar-refractivity contribution in [2.75, 3.05) is 13.6 Å². The van der Waals surface area contributed by atoms with Crippen LogP contribution in [0.3, 0.4) is 0 Å². The molecule has 1 aliphatic carbocycles. The highest BCUT2D eigenvalue weighted by Gasteiger charge is 2.35. The molecule has 2 nitrogen and oxygen atoms in total. The van der Waals surface area contributed by atoms with Crippen molar-refractivity contribution in [2.45, 2.75) is 90.6 Å². The van der Waals surface area contributed by atoms with Crippen LogP contribution in [0.25, 0.3) is 0 Å². The maximum atomic E-state index is 6.11. The van der Waals surface area contributed by atoms with Gasteiger partial charge in [-0.15, -0.1) is 0 Å². The van der Waals surface area contributed by atoms with Gasteiger partial charge in [0, 0.05) is 18.1 Å². The lowest BCUT2D eigenvalue weighted by molar-refractivity contribution is 0.0400. The van der Waals surface area contributed by atoms with Crippen molar-refractivity contribution < 1.29 is 0 Å². The van der Waals surface area contributed by atoms with Crippen LogP contribution in [0.5, 0.6) is 0 Å². The molecule has 0 spiro atoms. The van der Waals surface area contributed by atoms with Gasteiger partial charge in [-0.05, 0) is 51.5 Å². The first-order chi connectivity index (χ1) is 8.84. The molecule has 0 heterocycles. The molecule has 1 fully saturated rings. The Kier molecular flexibility index (Phi) is 6.32. The molecule has 1 atom stereocenters. The molecule has 1 aliphatic rings. The van der Waals surface area contributed by atoms with Crippen LogP contribution < -0.4 is 5.73 Å². The highest BCUT2D eigenvalue weighted by molar-refractivity contribution is 4.92. The van der Waals surface area contributed by atoms with Crippen molar-refractivity contribution >= 4 is 0 Å². The molecule has 19 heavy (non-hydrogen) atoms. The van der Waals surface area contributed by atoms with Crippen LogP contribution >= 0.6 is 0 Å². The summed E-state index contributed by atoms with van der Waals surface area (Å²) < 4.78 is 0. The average Bonchev–Trinajstić information content (AvgIpc) is 2.38. The standard InChI is InChI=1S/C17H36N2/c1-6-7-8-11-17(4,14-18)19(5)15-9-12-16(2,3)13-10-15/h15H,6-14,18H2,1-5H3. The predicted octanol–water partition coefficient (Wildman–Crippen LogP) is 4.18. The van der Waals surface area contributed by atoms with E-state index in [1.165, 1.54) is 51.4 Å². The van der Waals surface area contributed by atoms with Gasteiger partial charge in [-0.1, -0.05) is 40.0 Å². The van der Waals surface area contributed by atoms with Crippen LogP contribution in [0.4, 0.5) is 0 Å². The van der Waals surface area contributed by atoms with E-state index in [4.69, 9.17) is 5.73 Å². The number of likely N-dealkylation sites (N-methyl/N-ethyl adjacent to an activating group) is 1. The largest absolute Gasteiger partial charge is 0.329 e. The number of hydrogen-bond donors (Lipinski definition) is 1. The summed E-state index contributed by atoms with van der Waals surface area (Å²) in [5.74, 6) is 0. The van der Waals surface area contributed by atoms with E-state index in [-0.39, 0.29) is 5.54 Å². The minimum Gasteiger partial charge on any atom is -0.329 e. The smallest absolute Gasteiger partial charge is 0.0303 e. The maximum absolute atomic E-state index is 6.11. The lowest BCUT2D eigenvalue weighted by Crippen LogP contribution is -2.55. The molecule has 1 unspecified atom stereocenters. The molecule has 114 valence electrons. The molecular weight excluding hydrogens is 232 g/mol. The Morgan fingerprint density at radius 2 is 1.79 bits per heavy atom. The van der Waals surface area contributed by atoms with Crippen molar-refractivity contribution in [3.05, 3.63) is 0 Å². The molecule has 0 bridgehead atoms. The van der Waals surface area contributed by atoms with Gasteiger partial charge >= 0.3 is 0 Å². The van der Waals surface area contributed by atoms with Gasteiger partial charge in [0.1, 0.15) is 0 Å². The Bertz CT molecular complexity index is 252. The highest BCUT2D eigenvalue weighted by Crippen LogP contribution is 2.38. The summed E-state index contributed by atoms with van der Waals surface area (Å²) in [6.45, 7) is 10.2. The summed E-state index contributed by atoms with van der Waals surface area (Å²) >= 11 is 0. The Morgan fingerprint density at radius 3 is 2.26 bits per heavy atom. The van der Waals surface area contributed by atoms with Gasteiger partial charge in [0.05, 0.1) is 0 Å². The molecular formula is C17H36N2. The zero-order chi connectivity index (χ0) is 14.5. The number of nitrogens with two attached hydrogens (primary N) is 1. The molecule has 0 saturated heterocycles. The summed E-state index contributed by atoms with van der Waals surface area (Å²) in [4.78, 5) is 2.61. The SMILES string of the molecule is CCCCCC(C)(CN)N(C)C1CCC(C)(C)CC1. The van der Waals surface area contributed by atoms with Crippen molar-refractivity contribution in [2.24, 2.45) is 11.1 Å². The second-order valence-corrected chi connectivity index (χ2v) is 7.66. The zero-order valence-corrected chi connectivity index (χ0v) is 14.0. The van der Waals surface area contributed by atoms with Crippen molar-refractivity contribution in [3.8, 4) is 0 Å². The quantitative estimate of drug-likeness (QED) is 0.702. The Labute approximate surface area is 121 Å². The second kappa shape index (κ2) is 7.08.